The van der Waals surface area contributed by atoms with Crippen LogP contribution in [0.3, 0.4) is 0 Å². The van der Waals surface area contributed by atoms with Gasteiger partial charge in [-0.15, -0.1) is 0 Å². The molecule has 0 bridgehead atoms. The van der Waals surface area contributed by atoms with E-state index in [0.29, 0.717) is 17.5 Å². The van der Waals surface area contributed by atoms with Crippen LogP contribution in [0.5, 0.6) is 0 Å². The summed E-state index contributed by atoms with van der Waals surface area (Å²) in [6, 6.07) is 14.5. The van der Waals surface area contributed by atoms with Gasteiger partial charge in [-0.25, -0.2) is 9.78 Å². The molecule has 0 saturated heterocycles. The Morgan fingerprint density at radius 2 is 1.94 bits per heavy atom. The Bertz CT molecular complexity index is 1080. The number of rotatable bonds is 5. The zero-order valence-corrected chi connectivity index (χ0v) is 19.2. The molecule has 164 valence electrons. The van der Waals surface area contributed by atoms with Crippen molar-refractivity contribution in [3.63, 3.8) is 0 Å². The number of fused-ring (bicyclic) bond motifs is 1. The summed E-state index contributed by atoms with van der Waals surface area (Å²) >= 11 is 0. The number of carbonyl (C=O) groups is 1. The molecule has 3 aromatic rings. The molecule has 2 atom stereocenters. The summed E-state index contributed by atoms with van der Waals surface area (Å²) in [6.45, 7) is 9.23. The number of esters is 1. The van der Waals surface area contributed by atoms with Crippen LogP contribution >= 0.6 is 0 Å². The van der Waals surface area contributed by atoms with Gasteiger partial charge in [0.2, 0.25) is 5.95 Å². The summed E-state index contributed by atoms with van der Waals surface area (Å²) in [5.41, 5.74) is 5.00. The molecule has 1 aliphatic carbocycles. The van der Waals surface area contributed by atoms with Gasteiger partial charge in [-0.2, -0.15) is 0 Å². The molecular formula is C26H33N3O2. The number of methoxy groups -OCH3 is 1. The van der Waals surface area contributed by atoms with E-state index < -0.39 is 0 Å². The molecule has 1 N–H and O–H groups in total. The lowest BCUT2D eigenvalue weighted by Gasteiger charge is -2.40. The minimum Gasteiger partial charge on any atom is -0.465 e. The second kappa shape index (κ2) is 8.37. The smallest absolute Gasteiger partial charge is 0.337 e. The fourth-order valence-electron chi connectivity index (χ4n) is 5.25. The van der Waals surface area contributed by atoms with Crippen LogP contribution in [0.2, 0.25) is 0 Å². The first-order chi connectivity index (χ1) is 14.8. The van der Waals surface area contributed by atoms with Gasteiger partial charge < -0.3 is 14.6 Å². The van der Waals surface area contributed by atoms with Crippen molar-refractivity contribution >= 4 is 28.6 Å². The van der Waals surface area contributed by atoms with E-state index in [9.17, 15) is 4.79 Å². The fourth-order valence-corrected chi connectivity index (χ4v) is 5.25. The topological polar surface area (TPSA) is 56.1 Å². The number of ether oxygens (including phenoxy) is 1. The molecule has 1 heterocycles. The van der Waals surface area contributed by atoms with E-state index in [2.05, 4.69) is 61.8 Å². The summed E-state index contributed by atoms with van der Waals surface area (Å²) in [5.74, 6) is 1.14. The molecule has 0 amide bonds. The molecular weight excluding hydrogens is 386 g/mol. The number of carbonyl (C=O) groups excluding carboxylic acids is 1. The first kappa shape index (κ1) is 21.4. The van der Waals surface area contributed by atoms with Gasteiger partial charge in [-0.05, 0) is 72.9 Å². The van der Waals surface area contributed by atoms with Gasteiger partial charge in [0.15, 0.2) is 0 Å². The maximum atomic E-state index is 12.1. The van der Waals surface area contributed by atoms with Crippen LogP contribution in [0.15, 0.2) is 42.5 Å². The van der Waals surface area contributed by atoms with Crippen LogP contribution in [0.1, 0.15) is 68.9 Å². The molecule has 5 nitrogen and oxygen atoms in total. The summed E-state index contributed by atoms with van der Waals surface area (Å²) < 4.78 is 7.26. The number of hydrogen-bond donors (Lipinski definition) is 1. The highest BCUT2D eigenvalue weighted by Crippen LogP contribution is 2.46. The van der Waals surface area contributed by atoms with E-state index in [1.807, 2.05) is 18.2 Å². The third kappa shape index (κ3) is 4.46. The SMILES string of the molecule is CCc1ccc(Nc2nc3cc(C(=O)OC)ccc3n2[C@@H]2C[C@H](C)CC(C)(C)C2)cc1. The van der Waals surface area contributed by atoms with Crippen LogP contribution in [0.25, 0.3) is 11.0 Å². The molecule has 1 saturated carbocycles. The van der Waals surface area contributed by atoms with Crippen LogP contribution in [0, 0.1) is 11.3 Å². The van der Waals surface area contributed by atoms with Crippen LogP contribution < -0.4 is 5.32 Å². The van der Waals surface area contributed by atoms with Crippen molar-refractivity contribution in [2.75, 3.05) is 12.4 Å². The average Bonchev–Trinajstić information content (AvgIpc) is 3.09. The van der Waals surface area contributed by atoms with E-state index >= 15 is 0 Å². The minimum absolute atomic E-state index is 0.283. The molecule has 2 aromatic carbocycles. The highest BCUT2D eigenvalue weighted by molar-refractivity contribution is 5.94. The lowest BCUT2D eigenvalue weighted by molar-refractivity contribution is 0.0601. The predicted octanol–water partition coefficient (Wildman–Crippen LogP) is 6.52. The molecule has 5 heteroatoms. The Kier molecular flexibility index (Phi) is 5.78. The van der Waals surface area contributed by atoms with E-state index in [1.54, 1.807) is 0 Å². The number of nitrogens with zero attached hydrogens (tertiary/aromatic N) is 2. The second-order valence-corrected chi connectivity index (χ2v) is 9.74. The molecule has 0 radical (unpaired) electrons. The van der Waals surface area contributed by atoms with Crippen molar-refractivity contribution in [2.45, 2.75) is 59.4 Å². The van der Waals surface area contributed by atoms with E-state index in [-0.39, 0.29) is 11.4 Å². The summed E-state index contributed by atoms with van der Waals surface area (Å²) in [7, 11) is 1.41. The van der Waals surface area contributed by atoms with Gasteiger partial charge in [0.25, 0.3) is 0 Å². The monoisotopic (exact) mass is 419 g/mol. The Morgan fingerprint density at radius 3 is 2.58 bits per heavy atom. The van der Waals surface area contributed by atoms with Crippen molar-refractivity contribution in [2.24, 2.45) is 11.3 Å². The van der Waals surface area contributed by atoms with E-state index in [0.717, 1.165) is 41.9 Å². The minimum atomic E-state index is -0.339. The van der Waals surface area contributed by atoms with Gasteiger partial charge in [0.05, 0.1) is 23.7 Å². The van der Waals surface area contributed by atoms with Crippen molar-refractivity contribution < 1.29 is 9.53 Å². The van der Waals surface area contributed by atoms with Crippen molar-refractivity contribution in [3.8, 4) is 0 Å². The van der Waals surface area contributed by atoms with Gasteiger partial charge in [-0.3, -0.25) is 0 Å². The zero-order chi connectivity index (χ0) is 22.2. The maximum absolute atomic E-state index is 12.1. The molecule has 4 rings (SSSR count). The Labute approximate surface area is 184 Å². The number of anilines is 2. The number of aryl methyl sites for hydroxylation is 1. The standard InChI is InChI=1S/C26H33N3O2/c1-6-18-7-10-20(11-8-18)27-25-28-22-14-19(24(30)31-5)9-12-23(22)29(25)21-13-17(2)15-26(3,4)16-21/h7-12,14,17,21H,6,13,15-16H2,1-5H3,(H,27,28)/t17-,21+/m0/s1. The number of benzene rings is 2. The number of hydrogen-bond acceptors (Lipinski definition) is 4. The van der Waals surface area contributed by atoms with Crippen molar-refractivity contribution in [3.05, 3.63) is 53.6 Å². The summed E-state index contributed by atoms with van der Waals surface area (Å²) in [4.78, 5) is 17.0. The summed E-state index contributed by atoms with van der Waals surface area (Å²) in [6.07, 6.45) is 4.48. The first-order valence-corrected chi connectivity index (χ1v) is 11.3. The molecule has 31 heavy (non-hydrogen) atoms. The van der Waals surface area contributed by atoms with Gasteiger partial charge >= 0.3 is 5.97 Å². The Morgan fingerprint density at radius 1 is 1.19 bits per heavy atom. The second-order valence-electron chi connectivity index (χ2n) is 9.74. The largest absolute Gasteiger partial charge is 0.465 e. The Hall–Kier alpha value is -2.82. The average molecular weight is 420 g/mol. The van der Waals surface area contributed by atoms with Crippen molar-refractivity contribution in [1.29, 1.82) is 0 Å². The number of aromatic nitrogens is 2. The summed E-state index contributed by atoms with van der Waals surface area (Å²) in [5, 5.41) is 3.55. The van der Waals surface area contributed by atoms with E-state index in [1.165, 1.54) is 19.1 Å². The molecule has 0 unspecified atom stereocenters. The lowest BCUT2D eigenvalue weighted by atomic mass is 9.70. The Balaban J connectivity index is 1.79. The zero-order valence-electron chi connectivity index (χ0n) is 19.2. The van der Waals surface area contributed by atoms with Gasteiger partial charge in [-0.1, -0.05) is 39.8 Å². The third-order valence-corrected chi connectivity index (χ3v) is 6.46. The quantitative estimate of drug-likeness (QED) is 0.479. The highest BCUT2D eigenvalue weighted by atomic mass is 16.5. The number of nitrogens with one attached hydrogen (secondary N) is 1. The molecule has 1 fully saturated rings. The van der Waals surface area contributed by atoms with Gasteiger partial charge in [0, 0.05) is 11.7 Å². The fraction of sp³-hybridized carbons (Fsp3) is 0.462. The van der Waals surface area contributed by atoms with E-state index in [4.69, 9.17) is 9.72 Å². The molecule has 1 aromatic heterocycles. The lowest BCUT2D eigenvalue weighted by Crippen LogP contribution is -2.29. The molecule has 0 aliphatic heterocycles. The first-order valence-electron chi connectivity index (χ1n) is 11.3. The van der Waals surface area contributed by atoms with Crippen LogP contribution in [0.4, 0.5) is 11.6 Å². The van der Waals surface area contributed by atoms with Crippen molar-refractivity contribution in [1.82, 2.24) is 9.55 Å². The van der Waals surface area contributed by atoms with Gasteiger partial charge in [0.1, 0.15) is 0 Å². The number of imidazole rings is 1. The molecule has 1 aliphatic rings. The third-order valence-electron chi connectivity index (χ3n) is 6.46. The highest BCUT2D eigenvalue weighted by Gasteiger charge is 2.34. The molecule has 0 spiro atoms. The van der Waals surface area contributed by atoms with Crippen LogP contribution in [-0.2, 0) is 11.2 Å². The normalized spacial score (nSPS) is 20.5. The predicted molar refractivity (Wildman–Crippen MR) is 126 cm³/mol. The maximum Gasteiger partial charge on any atom is 0.337 e. The van der Waals surface area contributed by atoms with Crippen LogP contribution in [-0.4, -0.2) is 22.6 Å².